The maximum absolute atomic E-state index is 12.2. The summed E-state index contributed by atoms with van der Waals surface area (Å²) in [4.78, 5) is 14.2. The van der Waals surface area contributed by atoms with Crippen LogP contribution in [0.15, 0.2) is 6.07 Å². The summed E-state index contributed by atoms with van der Waals surface area (Å²) in [5, 5.41) is 4.34. The summed E-state index contributed by atoms with van der Waals surface area (Å²) in [6, 6.07) is 2.23. The third-order valence-electron chi connectivity index (χ3n) is 4.02. The van der Waals surface area contributed by atoms with Crippen molar-refractivity contribution in [1.82, 2.24) is 14.7 Å². The zero-order valence-corrected chi connectivity index (χ0v) is 12.1. The molecular weight excluding hydrogens is 240 g/mol. The molecule has 1 fully saturated rings. The molecule has 0 radical (unpaired) electrons. The van der Waals surface area contributed by atoms with Gasteiger partial charge in [-0.05, 0) is 45.6 Å². The van der Waals surface area contributed by atoms with E-state index in [1.54, 1.807) is 4.68 Å². The third kappa shape index (κ3) is 3.35. The fourth-order valence-electron chi connectivity index (χ4n) is 2.74. The van der Waals surface area contributed by atoms with E-state index < -0.39 is 0 Å². The van der Waals surface area contributed by atoms with Gasteiger partial charge < -0.3 is 10.6 Å². The Morgan fingerprint density at radius 2 is 2.11 bits per heavy atom. The Labute approximate surface area is 114 Å². The Kier molecular flexibility index (Phi) is 4.24. The van der Waals surface area contributed by atoms with Crippen LogP contribution in [0.25, 0.3) is 0 Å². The van der Waals surface area contributed by atoms with E-state index in [1.807, 2.05) is 24.8 Å². The van der Waals surface area contributed by atoms with Gasteiger partial charge in [-0.15, -0.1) is 0 Å². The van der Waals surface area contributed by atoms with Crippen LogP contribution in [0.2, 0.25) is 0 Å². The minimum absolute atomic E-state index is 0.161. The number of aryl methyl sites for hydroxylation is 2. The molecule has 1 aromatic rings. The summed E-state index contributed by atoms with van der Waals surface area (Å²) in [5.41, 5.74) is 7.91. The van der Waals surface area contributed by atoms with Gasteiger partial charge >= 0.3 is 0 Å². The molecule has 0 aliphatic carbocycles. The van der Waals surface area contributed by atoms with E-state index in [4.69, 9.17) is 5.73 Å². The molecule has 2 heterocycles. The zero-order chi connectivity index (χ0) is 14.0. The van der Waals surface area contributed by atoms with Crippen molar-refractivity contribution in [2.45, 2.75) is 46.2 Å². The minimum Gasteiger partial charge on any atom is -0.341 e. The smallest absolute Gasteiger partial charge is 0.244 e. The van der Waals surface area contributed by atoms with Crippen LogP contribution in [0.1, 0.15) is 31.2 Å². The highest BCUT2D eigenvalue weighted by Gasteiger charge is 2.25. The Hall–Kier alpha value is -1.36. The Bertz CT molecular complexity index is 444. The van der Waals surface area contributed by atoms with Crippen LogP contribution < -0.4 is 5.73 Å². The second-order valence-corrected chi connectivity index (χ2v) is 5.66. The van der Waals surface area contributed by atoms with Gasteiger partial charge in [0.1, 0.15) is 6.54 Å². The number of hydrogen-bond acceptors (Lipinski definition) is 3. The predicted molar refractivity (Wildman–Crippen MR) is 74.7 cm³/mol. The van der Waals surface area contributed by atoms with Crippen LogP contribution in [0.5, 0.6) is 0 Å². The Morgan fingerprint density at radius 1 is 1.47 bits per heavy atom. The van der Waals surface area contributed by atoms with Crippen LogP contribution in [-0.2, 0) is 11.3 Å². The van der Waals surface area contributed by atoms with E-state index >= 15 is 0 Å². The lowest BCUT2D eigenvalue weighted by molar-refractivity contribution is -0.133. The molecule has 0 aromatic carbocycles. The van der Waals surface area contributed by atoms with Crippen molar-refractivity contribution in [3.63, 3.8) is 0 Å². The summed E-state index contributed by atoms with van der Waals surface area (Å²) < 4.78 is 1.79. The molecule has 0 spiro atoms. The molecule has 19 heavy (non-hydrogen) atoms. The second-order valence-electron chi connectivity index (χ2n) is 5.66. The van der Waals surface area contributed by atoms with Gasteiger partial charge in [-0.25, -0.2) is 0 Å². The fraction of sp³-hybridized carbons (Fsp3) is 0.714. The van der Waals surface area contributed by atoms with E-state index in [0.717, 1.165) is 37.3 Å². The van der Waals surface area contributed by atoms with Gasteiger partial charge in [-0.2, -0.15) is 5.10 Å². The number of rotatable bonds is 3. The van der Waals surface area contributed by atoms with Gasteiger partial charge in [0.25, 0.3) is 0 Å². The highest BCUT2D eigenvalue weighted by molar-refractivity contribution is 5.76. The topological polar surface area (TPSA) is 64.2 Å². The minimum atomic E-state index is 0.161. The van der Waals surface area contributed by atoms with Gasteiger partial charge in [0.05, 0.1) is 5.69 Å². The zero-order valence-electron chi connectivity index (χ0n) is 12.1. The molecule has 1 amide bonds. The molecule has 0 bridgehead atoms. The molecule has 5 nitrogen and oxygen atoms in total. The molecule has 1 atom stereocenters. The highest BCUT2D eigenvalue weighted by Crippen LogP contribution is 2.19. The van der Waals surface area contributed by atoms with Gasteiger partial charge in [-0.3, -0.25) is 9.48 Å². The molecule has 1 aliphatic rings. The van der Waals surface area contributed by atoms with Crippen molar-refractivity contribution in [1.29, 1.82) is 0 Å². The maximum Gasteiger partial charge on any atom is 0.244 e. The Balaban J connectivity index is 1.90. The molecule has 0 saturated carbocycles. The van der Waals surface area contributed by atoms with Gasteiger partial charge in [0.2, 0.25) is 5.91 Å². The standard InChI is InChI=1S/C14H24N4O/c1-10-8-11(2)18(16-10)9-14(19)17-6-4-13(5-7-17)12(3)15/h8,12-13H,4-7,9,15H2,1-3H3. The van der Waals surface area contributed by atoms with Crippen LogP contribution in [0.3, 0.4) is 0 Å². The van der Waals surface area contributed by atoms with Gasteiger partial charge in [0.15, 0.2) is 0 Å². The third-order valence-corrected chi connectivity index (χ3v) is 4.02. The average Bonchev–Trinajstić information content (AvgIpc) is 2.68. The fourth-order valence-corrected chi connectivity index (χ4v) is 2.74. The first-order valence-electron chi connectivity index (χ1n) is 7.02. The number of carbonyl (C=O) groups is 1. The molecular formula is C14H24N4O. The number of nitrogens with two attached hydrogens (primary N) is 1. The van der Waals surface area contributed by atoms with Crippen molar-refractivity contribution in [3.8, 4) is 0 Å². The molecule has 5 heteroatoms. The summed E-state index contributed by atoms with van der Waals surface area (Å²) in [6.07, 6.45) is 2.03. The lowest BCUT2D eigenvalue weighted by Crippen LogP contribution is -2.43. The van der Waals surface area contributed by atoms with Crippen LogP contribution >= 0.6 is 0 Å². The molecule has 1 saturated heterocycles. The molecule has 2 N–H and O–H groups in total. The number of likely N-dealkylation sites (tertiary alicyclic amines) is 1. The van der Waals surface area contributed by atoms with E-state index in [9.17, 15) is 4.79 Å². The largest absolute Gasteiger partial charge is 0.341 e. The molecule has 1 aliphatic heterocycles. The van der Waals surface area contributed by atoms with Crippen molar-refractivity contribution >= 4 is 5.91 Å². The van der Waals surface area contributed by atoms with E-state index in [1.165, 1.54) is 0 Å². The lowest BCUT2D eigenvalue weighted by atomic mass is 9.91. The average molecular weight is 264 g/mol. The van der Waals surface area contributed by atoms with Crippen LogP contribution in [0, 0.1) is 19.8 Å². The summed E-state index contributed by atoms with van der Waals surface area (Å²) in [5.74, 6) is 0.715. The Morgan fingerprint density at radius 3 is 2.58 bits per heavy atom. The number of hydrogen-bond donors (Lipinski definition) is 1. The summed E-state index contributed by atoms with van der Waals surface area (Å²) in [7, 11) is 0. The normalized spacial score (nSPS) is 18.6. The monoisotopic (exact) mass is 264 g/mol. The number of nitrogens with zero attached hydrogens (tertiary/aromatic N) is 3. The SMILES string of the molecule is Cc1cc(C)n(CC(=O)N2CCC(C(C)N)CC2)n1. The lowest BCUT2D eigenvalue weighted by Gasteiger charge is -2.33. The van der Waals surface area contributed by atoms with Crippen LogP contribution in [0.4, 0.5) is 0 Å². The van der Waals surface area contributed by atoms with E-state index in [-0.39, 0.29) is 11.9 Å². The van der Waals surface area contributed by atoms with Crippen LogP contribution in [-0.4, -0.2) is 39.7 Å². The summed E-state index contributed by atoms with van der Waals surface area (Å²) >= 11 is 0. The number of piperidine rings is 1. The van der Waals surface area contributed by atoms with E-state index in [2.05, 4.69) is 12.0 Å². The quantitative estimate of drug-likeness (QED) is 0.888. The maximum atomic E-state index is 12.2. The predicted octanol–water partition coefficient (Wildman–Crippen LogP) is 1.09. The second kappa shape index (κ2) is 5.74. The van der Waals surface area contributed by atoms with E-state index in [0.29, 0.717) is 12.5 Å². The number of amides is 1. The first-order valence-corrected chi connectivity index (χ1v) is 7.02. The summed E-state index contributed by atoms with van der Waals surface area (Å²) in [6.45, 7) is 7.98. The van der Waals surface area contributed by atoms with Gasteiger partial charge in [0, 0.05) is 24.8 Å². The number of aromatic nitrogens is 2. The van der Waals surface area contributed by atoms with Crippen molar-refractivity contribution in [3.05, 3.63) is 17.5 Å². The van der Waals surface area contributed by atoms with Crippen molar-refractivity contribution in [2.24, 2.45) is 11.7 Å². The molecule has 1 unspecified atom stereocenters. The number of carbonyl (C=O) groups excluding carboxylic acids is 1. The van der Waals surface area contributed by atoms with Crippen molar-refractivity contribution in [2.75, 3.05) is 13.1 Å². The van der Waals surface area contributed by atoms with Crippen molar-refractivity contribution < 1.29 is 4.79 Å². The highest BCUT2D eigenvalue weighted by atomic mass is 16.2. The first-order chi connectivity index (χ1) is 8.97. The first kappa shape index (κ1) is 14.1. The molecule has 106 valence electrons. The van der Waals surface area contributed by atoms with Gasteiger partial charge in [-0.1, -0.05) is 0 Å². The molecule has 2 rings (SSSR count). The molecule has 1 aromatic heterocycles.